The highest BCUT2D eigenvalue weighted by Crippen LogP contribution is 2.19. The number of nitrogens with one attached hydrogen (secondary N) is 2. The Bertz CT molecular complexity index is 425. The van der Waals surface area contributed by atoms with E-state index in [-0.39, 0.29) is 11.9 Å². The van der Waals surface area contributed by atoms with E-state index in [1.807, 2.05) is 31.2 Å². The minimum Gasteiger partial charge on any atom is -0.497 e. The highest BCUT2D eigenvalue weighted by molar-refractivity contribution is 5.76. The van der Waals surface area contributed by atoms with Gasteiger partial charge >= 0.3 is 0 Å². The molecule has 0 spiro atoms. The molecule has 1 saturated heterocycles. The molecule has 0 aliphatic carbocycles. The third kappa shape index (κ3) is 4.23. The molecule has 110 valence electrons. The van der Waals surface area contributed by atoms with Crippen LogP contribution in [0.4, 0.5) is 0 Å². The van der Waals surface area contributed by atoms with E-state index in [0.717, 1.165) is 37.2 Å². The van der Waals surface area contributed by atoms with Crippen LogP contribution >= 0.6 is 0 Å². The second-order valence-electron chi connectivity index (χ2n) is 5.46. The lowest BCUT2D eigenvalue weighted by Gasteiger charge is -2.23. The van der Waals surface area contributed by atoms with Crippen molar-refractivity contribution in [2.24, 2.45) is 5.92 Å². The van der Waals surface area contributed by atoms with Crippen molar-refractivity contribution >= 4 is 5.91 Å². The van der Waals surface area contributed by atoms with Gasteiger partial charge in [-0.15, -0.1) is 0 Å². The summed E-state index contributed by atoms with van der Waals surface area (Å²) in [4.78, 5) is 12.1. The molecule has 1 aliphatic heterocycles. The lowest BCUT2D eigenvalue weighted by Crippen LogP contribution is -2.33. The normalized spacial score (nSPS) is 17.5. The number of piperidine rings is 1. The number of carbonyl (C=O) groups excluding carboxylic acids is 1. The minimum atomic E-state index is 0.0371. The first kappa shape index (κ1) is 14.9. The number of carbonyl (C=O) groups is 1. The van der Waals surface area contributed by atoms with E-state index in [4.69, 9.17) is 4.74 Å². The van der Waals surface area contributed by atoms with Crippen molar-refractivity contribution in [1.82, 2.24) is 10.6 Å². The van der Waals surface area contributed by atoms with Crippen molar-refractivity contribution in [3.8, 4) is 5.75 Å². The van der Waals surface area contributed by atoms with Crippen LogP contribution in [-0.2, 0) is 4.79 Å². The highest BCUT2D eigenvalue weighted by atomic mass is 16.5. The van der Waals surface area contributed by atoms with Crippen molar-refractivity contribution < 1.29 is 9.53 Å². The van der Waals surface area contributed by atoms with E-state index >= 15 is 0 Å². The molecular formula is C16H24N2O2. The Morgan fingerprint density at radius 2 is 2.00 bits per heavy atom. The van der Waals surface area contributed by atoms with Gasteiger partial charge in [-0.3, -0.25) is 4.79 Å². The monoisotopic (exact) mass is 276 g/mol. The molecule has 2 rings (SSSR count). The number of ether oxygens (including phenoxy) is 1. The number of methoxy groups -OCH3 is 1. The van der Waals surface area contributed by atoms with Crippen molar-refractivity contribution in [3.05, 3.63) is 29.8 Å². The Balaban J connectivity index is 1.82. The zero-order valence-electron chi connectivity index (χ0n) is 12.3. The van der Waals surface area contributed by atoms with Crippen LogP contribution in [0.1, 0.15) is 37.8 Å². The van der Waals surface area contributed by atoms with Crippen molar-refractivity contribution in [1.29, 1.82) is 0 Å². The van der Waals surface area contributed by atoms with Crippen LogP contribution in [0.3, 0.4) is 0 Å². The average Bonchev–Trinajstić information content (AvgIpc) is 2.48. The summed E-state index contributed by atoms with van der Waals surface area (Å²) < 4.78 is 5.14. The fourth-order valence-corrected chi connectivity index (χ4v) is 2.62. The Kier molecular flexibility index (Phi) is 5.41. The summed E-state index contributed by atoms with van der Waals surface area (Å²) in [5.74, 6) is 1.52. The molecule has 20 heavy (non-hydrogen) atoms. The molecule has 4 heteroatoms. The lowest BCUT2D eigenvalue weighted by molar-refractivity contribution is -0.122. The predicted octanol–water partition coefficient (Wildman–Crippen LogP) is 2.26. The minimum absolute atomic E-state index is 0.0371. The molecule has 1 atom stereocenters. The maximum absolute atomic E-state index is 12.1. The van der Waals surface area contributed by atoms with Gasteiger partial charge in [0.1, 0.15) is 5.75 Å². The molecule has 1 aromatic carbocycles. The number of hydrogen-bond acceptors (Lipinski definition) is 3. The first-order valence-corrected chi connectivity index (χ1v) is 7.33. The van der Waals surface area contributed by atoms with Gasteiger partial charge in [0.05, 0.1) is 13.2 Å². The first-order chi connectivity index (χ1) is 9.69. The van der Waals surface area contributed by atoms with Crippen LogP contribution in [0.2, 0.25) is 0 Å². The summed E-state index contributed by atoms with van der Waals surface area (Å²) in [6, 6.07) is 7.87. The predicted molar refractivity (Wildman–Crippen MR) is 79.8 cm³/mol. The molecule has 0 aromatic heterocycles. The Labute approximate surface area is 120 Å². The fraction of sp³-hybridized carbons (Fsp3) is 0.562. The molecule has 2 N–H and O–H groups in total. The van der Waals surface area contributed by atoms with Crippen LogP contribution in [0, 0.1) is 5.92 Å². The molecule has 1 aromatic rings. The van der Waals surface area contributed by atoms with E-state index in [1.165, 1.54) is 0 Å². The van der Waals surface area contributed by atoms with Crippen LogP contribution in [0.15, 0.2) is 24.3 Å². The fourth-order valence-electron chi connectivity index (χ4n) is 2.62. The van der Waals surface area contributed by atoms with E-state index in [2.05, 4.69) is 10.6 Å². The molecule has 0 radical (unpaired) electrons. The topological polar surface area (TPSA) is 50.4 Å². The summed E-state index contributed by atoms with van der Waals surface area (Å²) in [7, 11) is 1.65. The second-order valence-corrected chi connectivity index (χ2v) is 5.46. The molecule has 1 aliphatic rings. The molecule has 0 unspecified atom stereocenters. The SMILES string of the molecule is COc1ccc([C@@H](C)NC(=O)CC2CCNCC2)cc1. The van der Waals surface area contributed by atoms with Gasteiger partial charge in [-0.2, -0.15) is 0 Å². The molecular weight excluding hydrogens is 252 g/mol. The number of benzene rings is 1. The van der Waals surface area contributed by atoms with Gasteiger partial charge in [-0.25, -0.2) is 0 Å². The maximum Gasteiger partial charge on any atom is 0.220 e. The molecule has 4 nitrogen and oxygen atoms in total. The van der Waals surface area contributed by atoms with Crippen LogP contribution in [-0.4, -0.2) is 26.1 Å². The van der Waals surface area contributed by atoms with Gasteiger partial charge in [0, 0.05) is 6.42 Å². The quantitative estimate of drug-likeness (QED) is 0.867. The van der Waals surface area contributed by atoms with Crippen molar-refractivity contribution in [3.63, 3.8) is 0 Å². The standard InChI is InChI=1S/C16H24N2O2/c1-12(14-3-5-15(20-2)6-4-14)18-16(19)11-13-7-9-17-10-8-13/h3-6,12-13,17H,7-11H2,1-2H3,(H,18,19)/t12-/m1/s1. The third-order valence-corrected chi connectivity index (χ3v) is 3.93. The molecule has 1 amide bonds. The molecule has 0 bridgehead atoms. The van der Waals surface area contributed by atoms with Gasteiger partial charge in [0.25, 0.3) is 0 Å². The molecule has 1 fully saturated rings. The van der Waals surface area contributed by atoms with Crippen LogP contribution in [0.25, 0.3) is 0 Å². The zero-order valence-corrected chi connectivity index (χ0v) is 12.3. The van der Waals surface area contributed by atoms with Gasteiger partial charge < -0.3 is 15.4 Å². The van der Waals surface area contributed by atoms with Crippen molar-refractivity contribution in [2.75, 3.05) is 20.2 Å². The third-order valence-electron chi connectivity index (χ3n) is 3.93. The Hall–Kier alpha value is -1.55. The maximum atomic E-state index is 12.1. The number of hydrogen-bond donors (Lipinski definition) is 2. The summed E-state index contributed by atoms with van der Waals surface area (Å²) in [6.07, 6.45) is 2.84. The molecule has 0 saturated carbocycles. The van der Waals surface area contributed by atoms with Crippen LogP contribution in [0.5, 0.6) is 5.75 Å². The van der Waals surface area contributed by atoms with Gasteiger partial charge in [0.2, 0.25) is 5.91 Å². The Morgan fingerprint density at radius 3 is 2.60 bits per heavy atom. The van der Waals surface area contributed by atoms with Crippen LogP contribution < -0.4 is 15.4 Å². The largest absolute Gasteiger partial charge is 0.497 e. The first-order valence-electron chi connectivity index (χ1n) is 7.33. The smallest absolute Gasteiger partial charge is 0.220 e. The second kappa shape index (κ2) is 7.29. The van der Waals surface area contributed by atoms with Gasteiger partial charge in [-0.05, 0) is 56.5 Å². The summed E-state index contributed by atoms with van der Waals surface area (Å²) in [5.41, 5.74) is 1.10. The summed E-state index contributed by atoms with van der Waals surface area (Å²) in [5, 5.41) is 6.40. The Morgan fingerprint density at radius 1 is 1.35 bits per heavy atom. The van der Waals surface area contributed by atoms with Crippen molar-refractivity contribution in [2.45, 2.75) is 32.2 Å². The lowest BCUT2D eigenvalue weighted by atomic mass is 9.94. The van der Waals surface area contributed by atoms with E-state index < -0.39 is 0 Å². The van der Waals surface area contributed by atoms with E-state index in [0.29, 0.717) is 12.3 Å². The zero-order chi connectivity index (χ0) is 14.4. The highest BCUT2D eigenvalue weighted by Gasteiger charge is 2.18. The molecule has 1 heterocycles. The average molecular weight is 276 g/mol. The summed E-state index contributed by atoms with van der Waals surface area (Å²) >= 11 is 0. The summed E-state index contributed by atoms with van der Waals surface area (Å²) in [6.45, 7) is 4.08. The van der Waals surface area contributed by atoms with E-state index in [1.54, 1.807) is 7.11 Å². The number of amides is 1. The van der Waals surface area contributed by atoms with Gasteiger partial charge in [0.15, 0.2) is 0 Å². The number of rotatable bonds is 5. The van der Waals surface area contributed by atoms with E-state index in [9.17, 15) is 4.79 Å². The van der Waals surface area contributed by atoms with Gasteiger partial charge in [-0.1, -0.05) is 12.1 Å².